The molecule has 1 rings (SSSR count). The van der Waals surface area contributed by atoms with Crippen LogP contribution in [0.5, 0.6) is 5.75 Å². The van der Waals surface area contributed by atoms with Gasteiger partial charge < -0.3 is 33.7 Å². The van der Waals surface area contributed by atoms with Gasteiger partial charge in [0.05, 0.1) is 46.2 Å². The topological polar surface area (TPSA) is 102 Å². The summed E-state index contributed by atoms with van der Waals surface area (Å²) in [5.41, 5.74) is -0.276. The molecule has 1 atom stereocenters. The maximum Gasteiger partial charge on any atom is 0.408 e. The standard InChI is InChI=1S/C30H50FNO8/c1-24(32-29(34)40-30(2,3)4)26-23-25(14-15-27(26)31)39-18-12-7-6-10-16-36-19-21-38-22-20-37-17-11-8-9-13-28(33)35-5/h14-15,23-24H,6-13,16-22H2,1-5H3,(H,32,34)/t24-/m0/s1. The van der Waals surface area contributed by atoms with Gasteiger partial charge in [-0.1, -0.05) is 12.8 Å². The van der Waals surface area contributed by atoms with Crippen molar-refractivity contribution in [2.24, 2.45) is 0 Å². The van der Waals surface area contributed by atoms with Crippen LogP contribution in [0.1, 0.15) is 90.7 Å². The fraction of sp³-hybridized carbons (Fsp3) is 0.733. The zero-order valence-electron chi connectivity index (χ0n) is 25.1. The Hall–Kier alpha value is -2.43. The number of carbonyl (C=O) groups excluding carboxylic acids is 2. The summed E-state index contributed by atoms with van der Waals surface area (Å²) >= 11 is 0. The normalized spacial score (nSPS) is 12.2. The van der Waals surface area contributed by atoms with Crippen LogP contribution in [0.3, 0.4) is 0 Å². The first kappa shape index (κ1) is 35.6. The fourth-order valence-corrected chi connectivity index (χ4v) is 3.65. The molecule has 0 radical (unpaired) electrons. The van der Waals surface area contributed by atoms with E-state index in [1.807, 2.05) is 0 Å². The minimum atomic E-state index is -0.625. The van der Waals surface area contributed by atoms with Gasteiger partial charge in [0, 0.05) is 25.2 Å². The van der Waals surface area contributed by atoms with E-state index in [9.17, 15) is 14.0 Å². The molecule has 0 aliphatic heterocycles. The second-order valence-electron chi connectivity index (χ2n) is 10.5. The van der Waals surface area contributed by atoms with Crippen LogP contribution in [0, 0.1) is 5.82 Å². The molecular formula is C30H50FNO8. The van der Waals surface area contributed by atoms with Crippen LogP contribution in [0.15, 0.2) is 18.2 Å². The second kappa shape index (κ2) is 21.3. The number of carbonyl (C=O) groups is 2. The van der Waals surface area contributed by atoms with Crippen LogP contribution >= 0.6 is 0 Å². The molecule has 0 bridgehead atoms. The number of nitrogens with one attached hydrogen (secondary N) is 1. The summed E-state index contributed by atoms with van der Waals surface area (Å²) in [5.74, 6) is -0.00335. The highest BCUT2D eigenvalue weighted by molar-refractivity contribution is 5.69. The molecule has 0 spiro atoms. The Morgan fingerprint density at radius 3 is 1.95 bits per heavy atom. The predicted octanol–water partition coefficient (Wildman–Crippen LogP) is 6.13. The third-order valence-corrected chi connectivity index (χ3v) is 5.76. The fourth-order valence-electron chi connectivity index (χ4n) is 3.65. The van der Waals surface area contributed by atoms with E-state index >= 15 is 0 Å². The summed E-state index contributed by atoms with van der Waals surface area (Å²) in [6.45, 7) is 11.1. The van der Waals surface area contributed by atoms with E-state index in [1.54, 1.807) is 39.8 Å². The Morgan fingerprint density at radius 2 is 1.38 bits per heavy atom. The predicted molar refractivity (Wildman–Crippen MR) is 151 cm³/mol. The number of amides is 1. The number of hydrogen-bond donors (Lipinski definition) is 1. The highest BCUT2D eigenvalue weighted by Crippen LogP contribution is 2.23. The lowest BCUT2D eigenvalue weighted by atomic mass is 10.1. The maximum absolute atomic E-state index is 14.3. The quantitative estimate of drug-likeness (QED) is 0.131. The van der Waals surface area contributed by atoms with Crippen molar-refractivity contribution in [3.8, 4) is 5.75 Å². The highest BCUT2D eigenvalue weighted by Gasteiger charge is 2.20. The van der Waals surface area contributed by atoms with E-state index in [0.717, 1.165) is 44.9 Å². The monoisotopic (exact) mass is 571 g/mol. The minimum Gasteiger partial charge on any atom is -0.494 e. The highest BCUT2D eigenvalue weighted by atomic mass is 19.1. The Morgan fingerprint density at radius 1 is 0.825 bits per heavy atom. The Labute approximate surface area is 239 Å². The van der Waals surface area contributed by atoms with Crippen molar-refractivity contribution in [1.82, 2.24) is 5.32 Å². The number of halogens is 1. The Kier molecular flexibility index (Phi) is 19.0. The lowest BCUT2D eigenvalue weighted by molar-refractivity contribution is -0.140. The van der Waals surface area contributed by atoms with E-state index in [-0.39, 0.29) is 5.97 Å². The number of methoxy groups -OCH3 is 1. The number of hydrogen-bond acceptors (Lipinski definition) is 8. The van der Waals surface area contributed by atoms with Gasteiger partial charge in [0.25, 0.3) is 0 Å². The molecule has 0 saturated heterocycles. The van der Waals surface area contributed by atoms with Gasteiger partial charge in [-0.05, 0) is 78.0 Å². The number of esters is 1. The molecule has 9 nitrogen and oxygen atoms in total. The lowest BCUT2D eigenvalue weighted by Crippen LogP contribution is -2.34. The maximum atomic E-state index is 14.3. The zero-order valence-corrected chi connectivity index (χ0v) is 25.1. The van der Waals surface area contributed by atoms with Crippen molar-refractivity contribution < 1.29 is 42.4 Å². The van der Waals surface area contributed by atoms with E-state index in [4.69, 9.17) is 23.7 Å². The first-order valence-corrected chi connectivity index (χ1v) is 14.3. The molecule has 10 heteroatoms. The van der Waals surface area contributed by atoms with Crippen LogP contribution in [0.25, 0.3) is 0 Å². The molecule has 1 aromatic carbocycles. The molecule has 0 saturated carbocycles. The lowest BCUT2D eigenvalue weighted by Gasteiger charge is -2.22. The van der Waals surface area contributed by atoms with Crippen molar-refractivity contribution >= 4 is 12.1 Å². The van der Waals surface area contributed by atoms with Crippen LogP contribution < -0.4 is 10.1 Å². The molecule has 0 unspecified atom stereocenters. The number of ether oxygens (including phenoxy) is 6. The Bertz CT molecular complexity index is 830. The summed E-state index contributed by atoms with van der Waals surface area (Å²) < 4.78 is 46.6. The van der Waals surface area contributed by atoms with Gasteiger partial charge in [0.1, 0.15) is 17.2 Å². The molecule has 0 fully saturated rings. The third-order valence-electron chi connectivity index (χ3n) is 5.76. The van der Waals surface area contributed by atoms with Crippen LogP contribution in [0.4, 0.5) is 9.18 Å². The molecule has 1 amide bonds. The van der Waals surface area contributed by atoms with Crippen molar-refractivity contribution in [1.29, 1.82) is 0 Å². The van der Waals surface area contributed by atoms with E-state index in [0.29, 0.717) is 64.0 Å². The SMILES string of the molecule is COC(=O)CCCCCOCCOCCOCCCCCCOc1ccc(F)c([C@H](C)NC(=O)OC(C)(C)C)c1. The van der Waals surface area contributed by atoms with Gasteiger partial charge in [-0.2, -0.15) is 0 Å². The van der Waals surface area contributed by atoms with Gasteiger partial charge in [-0.25, -0.2) is 9.18 Å². The van der Waals surface area contributed by atoms with Crippen molar-refractivity contribution in [3.63, 3.8) is 0 Å². The first-order chi connectivity index (χ1) is 19.1. The number of rotatable bonds is 22. The van der Waals surface area contributed by atoms with Crippen molar-refractivity contribution in [2.75, 3.05) is 53.4 Å². The molecule has 0 aliphatic rings. The Balaban J connectivity index is 1.99. The molecule has 1 aromatic rings. The minimum absolute atomic E-state index is 0.164. The number of unbranched alkanes of at least 4 members (excludes halogenated alkanes) is 5. The van der Waals surface area contributed by atoms with E-state index < -0.39 is 23.6 Å². The summed E-state index contributed by atoms with van der Waals surface area (Å²) in [4.78, 5) is 23.0. The first-order valence-electron chi connectivity index (χ1n) is 14.3. The van der Waals surface area contributed by atoms with Crippen LogP contribution in [-0.2, 0) is 28.5 Å². The molecule has 0 heterocycles. The van der Waals surface area contributed by atoms with E-state index in [1.165, 1.54) is 13.2 Å². The second-order valence-corrected chi connectivity index (χ2v) is 10.5. The molecule has 40 heavy (non-hydrogen) atoms. The molecule has 230 valence electrons. The third kappa shape index (κ3) is 18.8. The van der Waals surface area contributed by atoms with Gasteiger partial charge in [0.2, 0.25) is 0 Å². The average molecular weight is 572 g/mol. The summed E-state index contributed by atoms with van der Waals surface area (Å²) in [5, 5.41) is 2.66. The molecular weight excluding hydrogens is 521 g/mol. The van der Waals surface area contributed by atoms with Gasteiger partial charge in [-0.3, -0.25) is 4.79 Å². The number of alkyl carbamates (subject to hydrolysis) is 1. The van der Waals surface area contributed by atoms with Gasteiger partial charge >= 0.3 is 12.1 Å². The van der Waals surface area contributed by atoms with Crippen LogP contribution in [0.2, 0.25) is 0 Å². The molecule has 1 N–H and O–H groups in total. The summed E-state index contributed by atoms with van der Waals surface area (Å²) in [7, 11) is 1.40. The molecule has 0 aliphatic carbocycles. The van der Waals surface area contributed by atoms with Crippen molar-refractivity contribution in [2.45, 2.75) is 90.7 Å². The smallest absolute Gasteiger partial charge is 0.408 e. The summed E-state index contributed by atoms with van der Waals surface area (Å²) in [6, 6.07) is 4.01. The van der Waals surface area contributed by atoms with Gasteiger partial charge in [0.15, 0.2) is 0 Å². The summed E-state index contributed by atoms with van der Waals surface area (Å²) in [6.07, 6.45) is 6.45. The van der Waals surface area contributed by atoms with Gasteiger partial charge in [-0.15, -0.1) is 0 Å². The largest absolute Gasteiger partial charge is 0.494 e. The van der Waals surface area contributed by atoms with Crippen molar-refractivity contribution in [3.05, 3.63) is 29.6 Å². The molecule has 0 aromatic heterocycles. The average Bonchev–Trinajstić information content (AvgIpc) is 2.89. The number of benzene rings is 1. The zero-order chi connectivity index (χ0) is 29.6. The van der Waals surface area contributed by atoms with E-state index in [2.05, 4.69) is 10.1 Å². The van der Waals surface area contributed by atoms with Crippen LogP contribution in [-0.4, -0.2) is 71.0 Å².